The number of nitrogens with one attached hydrogen (secondary N) is 2. The van der Waals surface area contributed by atoms with Crippen molar-refractivity contribution in [3.8, 4) is 28.5 Å². The molecule has 8 heteroatoms. The van der Waals surface area contributed by atoms with E-state index in [-0.39, 0.29) is 0 Å². The Bertz CT molecular complexity index is 1010. The van der Waals surface area contributed by atoms with Crippen molar-refractivity contribution in [1.82, 2.24) is 20.2 Å². The maximum Gasteiger partial charge on any atom is 0.203 e. The van der Waals surface area contributed by atoms with E-state index in [4.69, 9.17) is 19.2 Å². The summed E-state index contributed by atoms with van der Waals surface area (Å²) in [5.41, 5.74) is 3.05. The molecule has 3 aromatic rings. The van der Waals surface area contributed by atoms with Crippen molar-refractivity contribution in [1.29, 1.82) is 0 Å². The van der Waals surface area contributed by atoms with Crippen molar-refractivity contribution in [3.05, 3.63) is 60.0 Å². The lowest BCUT2D eigenvalue weighted by Gasteiger charge is -2.21. The molecular weight excluding hydrogens is 406 g/mol. The number of hydrogen-bond acceptors (Lipinski definition) is 5. The Morgan fingerprint density at radius 3 is 2.34 bits per heavy atom. The van der Waals surface area contributed by atoms with Crippen LogP contribution in [-0.4, -0.2) is 55.7 Å². The molecule has 0 bridgehead atoms. The topological polar surface area (TPSA) is 84.0 Å². The van der Waals surface area contributed by atoms with E-state index in [1.165, 1.54) is 0 Å². The van der Waals surface area contributed by atoms with Gasteiger partial charge < -0.3 is 29.4 Å². The molecule has 170 valence electrons. The normalized spacial score (nSPS) is 11.2. The lowest BCUT2D eigenvalue weighted by molar-refractivity contribution is 0.324. The number of rotatable bonds is 9. The molecule has 1 heterocycles. The number of aromatic amines is 1. The highest BCUT2D eigenvalue weighted by Crippen LogP contribution is 2.38. The molecule has 0 saturated carbocycles. The van der Waals surface area contributed by atoms with Crippen LogP contribution in [-0.2, 0) is 13.1 Å². The SMILES string of the molecule is CCNC(=NCc1cc(OC)c(OC)c(OC)c1)N(C)Cc1ncc(-c2ccccc2)[nH]1. The van der Waals surface area contributed by atoms with Crippen molar-refractivity contribution in [2.75, 3.05) is 34.9 Å². The fourth-order valence-electron chi connectivity index (χ4n) is 3.37. The number of nitrogens with zero attached hydrogens (tertiary/aromatic N) is 3. The molecule has 1 aromatic heterocycles. The molecule has 0 fully saturated rings. The predicted octanol–water partition coefficient (Wildman–Crippen LogP) is 3.70. The zero-order chi connectivity index (χ0) is 22.9. The Labute approximate surface area is 189 Å². The highest BCUT2D eigenvalue weighted by atomic mass is 16.5. The lowest BCUT2D eigenvalue weighted by Crippen LogP contribution is -2.38. The van der Waals surface area contributed by atoms with Crippen LogP contribution in [0.5, 0.6) is 17.2 Å². The van der Waals surface area contributed by atoms with E-state index in [1.54, 1.807) is 21.3 Å². The number of H-pyrrole nitrogens is 1. The molecule has 0 aliphatic heterocycles. The van der Waals surface area contributed by atoms with Crippen LogP contribution in [0.2, 0.25) is 0 Å². The van der Waals surface area contributed by atoms with Crippen molar-refractivity contribution in [3.63, 3.8) is 0 Å². The van der Waals surface area contributed by atoms with Crippen molar-refractivity contribution >= 4 is 5.96 Å². The van der Waals surface area contributed by atoms with E-state index in [2.05, 4.69) is 27.4 Å². The van der Waals surface area contributed by atoms with E-state index in [9.17, 15) is 0 Å². The van der Waals surface area contributed by atoms with Gasteiger partial charge in [0, 0.05) is 13.6 Å². The average Bonchev–Trinajstić information content (AvgIpc) is 3.29. The van der Waals surface area contributed by atoms with Gasteiger partial charge in [-0.05, 0) is 30.2 Å². The molecule has 0 amide bonds. The van der Waals surface area contributed by atoms with Crippen molar-refractivity contribution in [2.45, 2.75) is 20.0 Å². The molecule has 0 saturated heterocycles. The predicted molar refractivity (Wildman–Crippen MR) is 126 cm³/mol. The molecule has 0 aliphatic carbocycles. The first-order chi connectivity index (χ1) is 15.6. The molecule has 0 radical (unpaired) electrons. The standard InChI is InChI=1S/C24H31N5O3/c1-6-25-24(27-14-17-12-20(30-3)23(32-5)21(13-17)31-4)29(2)16-22-26-15-19(28-22)18-10-8-7-9-11-18/h7-13,15H,6,14,16H2,1-5H3,(H,25,27)(H,26,28). The van der Waals surface area contributed by atoms with Gasteiger partial charge in [0.05, 0.1) is 46.3 Å². The van der Waals surface area contributed by atoms with E-state index in [0.29, 0.717) is 30.3 Å². The number of aromatic nitrogens is 2. The third-order valence-corrected chi connectivity index (χ3v) is 4.93. The number of aliphatic imine (C=N–C) groups is 1. The highest BCUT2D eigenvalue weighted by molar-refractivity contribution is 5.79. The van der Waals surface area contributed by atoms with E-state index in [0.717, 1.165) is 35.1 Å². The van der Waals surface area contributed by atoms with Crippen LogP contribution in [0.1, 0.15) is 18.3 Å². The molecule has 8 nitrogen and oxygen atoms in total. The molecule has 0 aliphatic rings. The van der Waals surface area contributed by atoms with Crippen LogP contribution >= 0.6 is 0 Å². The van der Waals surface area contributed by atoms with Crippen LogP contribution < -0.4 is 19.5 Å². The minimum absolute atomic E-state index is 0.455. The van der Waals surface area contributed by atoms with Gasteiger partial charge in [0.2, 0.25) is 5.75 Å². The van der Waals surface area contributed by atoms with E-state index in [1.807, 2.05) is 55.4 Å². The Kier molecular flexibility index (Phi) is 7.96. The summed E-state index contributed by atoms with van der Waals surface area (Å²) in [5, 5.41) is 3.34. The fraction of sp³-hybridized carbons (Fsp3) is 0.333. The number of hydrogen-bond donors (Lipinski definition) is 2. The van der Waals surface area contributed by atoms with Crippen molar-refractivity contribution < 1.29 is 14.2 Å². The number of guanidine groups is 1. The molecule has 0 spiro atoms. The molecule has 3 rings (SSSR count). The maximum absolute atomic E-state index is 5.45. The Morgan fingerprint density at radius 1 is 1.06 bits per heavy atom. The summed E-state index contributed by atoms with van der Waals surface area (Å²) in [6.45, 7) is 3.85. The highest BCUT2D eigenvalue weighted by Gasteiger charge is 2.14. The van der Waals surface area contributed by atoms with Crippen LogP contribution in [0, 0.1) is 0 Å². The first-order valence-corrected chi connectivity index (χ1v) is 10.5. The Hall–Kier alpha value is -3.68. The first-order valence-electron chi connectivity index (χ1n) is 10.5. The van der Waals surface area contributed by atoms with Gasteiger partial charge in [-0.15, -0.1) is 0 Å². The zero-order valence-electron chi connectivity index (χ0n) is 19.3. The maximum atomic E-state index is 5.45. The van der Waals surface area contributed by atoms with Gasteiger partial charge in [-0.25, -0.2) is 9.98 Å². The van der Waals surface area contributed by atoms with E-state index < -0.39 is 0 Å². The monoisotopic (exact) mass is 437 g/mol. The molecule has 32 heavy (non-hydrogen) atoms. The van der Waals surface area contributed by atoms with Crippen LogP contribution in [0.4, 0.5) is 0 Å². The second kappa shape index (κ2) is 11.1. The van der Waals surface area contributed by atoms with Crippen LogP contribution in [0.25, 0.3) is 11.3 Å². The van der Waals surface area contributed by atoms with Gasteiger partial charge in [-0.3, -0.25) is 0 Å². The first kappa shape index (κ1) is 23.0. The Balaban J connectivity index is 1.75. The smallest absolute Gasteiger partial charge is 0.203 e. The summed E-state index contributed by atoms with van der Waals surface area (Å²) in [6, 6.07) is 14.0. The van der Waals surface area contributed by atoms with Crippen LogP contribution in [0.15, 0.2) is 53.7 Å². The number of imidazole rings is 1. The molecule has 0 atom stereocenters. The van der Waals surface area contributed by atoms with E-state index >= 15 is 0 Å². The second-order valence-corrected chi connectivity index (χ2v) is 7.17. The van der Waals surface area contributed by atoms with Gasteiger partial charge >= 0.3 is 0 Å². The fourth-order valence-corrected chi connectivity index (χ4v) is 3.37. The third-order valence-electron chi connectivity index (χ3n) is 4.93. The molecule has 0 unspecified atom stereocenters. The minimum atomic E-state index is 0.455. The number of methoxy groups -OCH3 is 3. The molecular formula is C24H31N5O3. The van der Waals surface area contributed by atoms with Gasteiger partial charge in [0.25, 0.3) is 0 Å². The summed E-state index contributed by atoms with van der Waals surface area (Å²) in [6.07, 6.45) is 1.86. The summed E-state index contributed by atoms with van der Waals surface area (Å²) >= 11 is 0. The summed E-state index contributed by atoms with van der Waals surface area (Å²) in [5.74, 6) is 3.43. The molecule has 2 N–H and O–H groups in total. The second-order valence-electron chi connectivity index (χ2n) is 7.17. The average molecular weight is 438 g/mol. The van der Waals surface area contributed by atoms with Gasteiger partial charge in [0.15, 0.2) is 17.5 Å². The van der Waals surface area contributed by atoms with Crippen LogP contribution in [0.3, 0.4) is 0 Å². The zero-order valence-corrected chi connectivity index (χ0v) is 19.3. The third kappa shape index (κ3) is 5.51. The van der Waals surface area contributed by atoms with Gasteiger partial charge in [-0.2, -0.15) is 0 Å². The quantitative estimate of drug-likeness (QED) is 0.392. The number of ether oxygens (including phenoxy) is 3. The summed E-state index contributed by atoms with van der Waals surface area (Å²) in [7, 11) is 6.79. The largest absolute Gasteiger partial charge is 0.493 e. The number of benzene rings is 2. The van der Waals surface area contributed by atoms with Gasteiger partial charge in [-0.1, -0.05) is 30.3 Å². The minimum Gasteiger partial charge on any atom is -0.493 e. The van der Waals surface area contributed by atoms with Gasteiger partial charge in [0.1, 0.15) is 5.82 Å². The molecule has 2 aromatic carbocycles. The lowest BCUT2D eigenvalue weighted by atomic mass is 10.2. The van der Waals surface area contributed by atoms with Crippen molar-refractivity contribution in [2.24, 2.45) is 4.99 Å². The Morgan fingerprint density at radius 2 is 1.75 bits per heavy atom. The summed E-state index contributed by atoms with van der Waals surface area (Å²) in [4.78, 5) is 14.7. The summed E-state index contributed by atoms with van der Waals surface area (Å²) < 4.78 is 16.3.